The quantitative estimate of drug-likeness (QED) is 0.799. The zero-order valence-electron chi connectivity index (χ0n) is 11.8. The van der Waals surface area contributed by atoms with E-state index >= 15 is 0 Å². The molecule has 0 saturated carbocycles. The maximum absolute atomic E-state index is 11.3. The minimum Gasteiger partial charge on any atom is -0.485 e. The number of carboxylic acids is 1. The molecule has 0 spiro atoms. The van der Waals surface area contributed by atoms with Crippen LogP contribution in [0.4, 0.5) is 0 Å². The highest BCUT2D eigenvalue weighted by atomic mass is 35.5. The molecule has 1 aromatic carbocycles. The molecule has 0 fully saturated rings. The van der Waals surface area contributed by atoms with Crippen LogP contribution in [-0.2, 0) is 6.61 Å². The second kappa shape index (κ2) is 5.69. The number of hydrogen-bond donors (Lipinski definition) is 1. The molecule has 0 atom stereocenters. The van der Waals surface area contributed by atoms with Gasteiger partial charge in [0.05, 0.1) is 5.69 Å². The lowest BCUT2D eigenvalue weighted by Gasteiger charge is -2.07. The number of halogens is 1. The van der Waals surface area contributed by atoms with Gasteiger partial charge in [-0.15, -0.1) is 0 Å². The van der Waals surface area contributed by atoms with E-state index < -0.39 is 5.97 Å². The number of ether oxygens (including phenoxy) is 1. The van der Waals surface area contributed by atoms with E-state index in [0.717, 1.165) is 5.56 Å². The summed E-state index contributed by atoms with van der Waals surface area (Å²) in [4.78, 5) is 15.6. The van der Waals surface area contributed by atoms with Crippen LogP contribution in [0.25, 0.3) is 5.65 Å². The summed E-state index contributed by atoms with van der Waals surface area (Å²) in [6.45, 7) is 2.02. The number of fused-ring (bicyclic) bond motifs is 1. The van der Waals surface area contributed by atoms with Crippen LogP contribution in [0.2, 0.25) is 5.02 Å². The molecule has 0 aliphatic heterocycles. The van der Waals surface area contributed by atoms with Gasteiger partial charge in [0.1, 0.15) is 6.61 Å². The summed E-state index contributed by atoms with van der Waals surface area (Å²) in [6, 6.07) is 10.8. The number of rotatable bonds is 4. The van der Waals surface area contributed by atoms with Crippen LogP contribution in [0.3, 0.4) is 0 Å². The Morgan fingerprint density at radius 1 is 1.32 bits per heavy atom. The Balaban J connectivity index is 1.92. The van der Waals surface area contributed by atoms with Gasteiger partial charge in [-0.3, -0.25) is 4.40 Å². The van der Waals surface area contributed by atoms with Crippen molar-refractivity contribution >= 4 is 23.2 Å². The molecule has 0 amide bonds. The Labute approximate surface area is 131 Å². The van der Waals surface area contributed by atoms with Crippen LogP contribution < -0.4 is 4.74 Å². The standard InChI is InChI=1S/C16H13ClN2O3/c1-10-14(16(20)21)19-8-2-3-13(15(19)18-10)22-9-11-4-6-12(17)7-5-11/h2-8H,9H2,1H3,(H,20,21). The molecule has 0 aliphatic carbocycles. The molecular weight excluding hydrogens is 304 g/mol. The van der Waals surface area contributed by atoms with Crippen molar-refractivity contribution in [1.82, 2.24) is 9.38 Å². The van der Waals surface area contributed by atoms with E-state index in [0.29, 0.717) is 28.7 Å². The highest BCUT2D eigenvalue weighted by Gasteiger charge is 2.17. The van der Waals surface area contributed by atoms with E-state index in [1.54, 1.807) is 37.4 Å². The molecular formula is C16H13ClN2O3. The number of imidazole rings is 1. The van der Waals surface area contributed by atoms with Gasteiger partial charge in [0.15, 0.2) is 17.1 Å². The predicted molar refractivity (Wildman–Crippen MR) is 82.7 cm³/mol. The number of pyridine rings is 1. The van der Waals surface area contributed by atoms with E-state index in [1.165, 1.54) is 4.40 Å². The van der Waals surface area contributed by atoms with E-state index in [2.05, 4.69) is 4.98 Å². The van der Waals surface area contributed by atoms with Crippen molar-refractivity contribution in [3.8, 4) is 5.75 Å². The van der Waals surface area contributed by atoms with Crippen LogP contribution in [0.15, 0.2) is 42.6 Å². The van der Waals surface area contributed by atoms with Crippen molar-refractivity contribution in [2.24, 2.45) is 0 Å². The normalized spacial score (nSPS) is 10.8. The number of carboxylic acid groups (broad SMARTS) is 1. The summed E-state index contributed by atoms with van der Waals surface area (Å²) in [5, 5.41) is 9.93. The van der Waals surface area contributed by atoms with Crippen LogP contribution >= 0.6 is 11.6 Å². The molecule has 0 saturated heterocycles. The molecule has 0 radical (unpaired) electrons. The lowest BCUT2D eigenvalue weighted by molar-refractivity contribution is 0.0688. The first-order chi connectivity index (χ1) is 10.6. The van der Waals surface area contributed by atoms with Crippen molar-refractivity contribution in [2.75, 3.05) is 0 Å². The monoisotopic (exact) mass is 316 g/mol. The number of carbonyl (C=O) groups is 1. The first-order valence-electron chi connectivity index (χ1n) is 6.64. The van der Waals surface area contributed by atoms with Crippen molar-refractivity contribution in [3.05, 3.63) is 64.6 Å². The predicted octanol–water partition coefficient (Wildman–Crippen LogP) is 3.57. The molecule has 1 N–H and O–H groups in total. The second-order valence-electron chi connectivity index (χ2n) is 4.83. The number of nitrogens with zero attached hydrogens (tertiary/aromatic N) is 2. The minimum absolute atomic E-state index is 0.145. The molecule has 22 heavy (non-hydrogen) atoms. The first kappa shape index (κ1) is 14.4. The van der Waals surface area contributed by atoms with Crippen LogP contribution in [0, 0.1) is 6.92 Å². The average molecular weight is 317 g/mol. The second-order valence-corrected chi connectivity index (χ2v) is 5.27. The van der Waals surface area contributed by atoms with Crippen molar-refractivity contribution in [2.45, 2.75) is 13.5 Å². The Bertz CT molecular complexity index is 840. The molecule has 2 aromatic heterocycles. The fourth-order valence-corrected chi connectivity index (χ4v) is 2.39. The summed E-state index contributed by atoms with van der Waals surface area (Å²) < 4.78 is 7.30. The summed E-state index contributed by atoms with van der Waals surface area (Å²) in [5.74, 6) is -0.479. The minimum atomic E-state index is -1.01. The van der Waals surface area contributed by atoms with Gasteiger partial charge in [0.25, 0.3) is 0 Å². The molecule has 0 aliphatic rings. The molecule has 0 unspecified atom stereocenters. The zero-order valence-corrected chi connectivity index (χ0v) is 12.5. The molecule has 5 nitrogen and oxygen atoms in total. The summed E-state index contributed by atoms with van der Waals surface area (Å²) >= 11 is 5.85. The third kappa shape index (κ3) is 2.63. The Kier molecular flexibility index (Phi) is 3.73. The highest BCUT2D eigenvalue weighted by molar-refractivity contribution is 6.30. The number of benzene rings is 1. The van der Waals surface area contributed by atoms with E-state index in [1.807, 2.05) is 12.1 Å². The average Bonchev–Trinajstić information content (AvgIpc) is 2.83. The number of hydrogen-bond acceptors (Lipinski definition) is 3. The van der Waals surface area contributed by atoms with Crippen LogP contribution in [0.1, 0.15) is 21.7 Å². The smallest absolute Gasteiger partial charge is 0.354 e. The van der Waals surface area contributed by atoms with E-state index in [4.69, 9.17) is 16.3 Å². The largest absolute Gasteiger partial charge is 0.485 e. The highest BCUT2D eigenvalue weighted by Crippen LogP contribution is 2.23. The molecule has 3 rings (SSSR count). The number of aryl methyl sites for hydroxylation is 1. The maximum atomic E-state index is 11.3. The zero-order chi connectivity index (χ0) is 15.7. The van der Waals surface area contributed by atoms with Gasteiger partial charge in [0.2, 0.25) is 0 Å². The molecule has 2 heterocycles. The SMILES string of the molecule is Cc1nc2c(OCc3ccc(Cl)cc3)cccn2c1C(=O)O. The van der Waals surface area contributed by atoms with Gasteiger partial charge in [0, 0.05) is 11.2 Å². The van der Waals surface area contributed by atoms with Crippen molar-refractivity contribution in [3.63, 3.8) is 0 Å². The Morgan fingerprint density at radius 3 is 2.73 bits per heavy atom. The third-order valence-electron chi connectivity index (χ3n) is 3.30. The number of aromatic nitrogens is 2. The van der Waals surface area contributed by atoms with Gasteiger partial charge in [-0.2, -0.15) is 0 Å². The van der Waals surface area contributed by atoms with Gasteiger partial charge in [-0.25, -0.2) is 9.78 Å². The Morgan fingerprint density at radius 2 is 2.05 bits per heavy atom. The van der Waals surface area contributed by atoms with Crippen LogP contribution in [0.5, 0.6) is 5.75 Å². The van der Waals surface area contributed by atoms with Crippen molar-refractivity contribution < 1.29 is 14.6 Å². The molecule has 112 valence electrons. The fraction of sp³-hybridized carbons (Fsp3) is 0.125. The molecule has 0 bridgehead atoms. The lowest BCUT2D eigenvalue weighted by atomic mass is 10.2. The Hall–Kier alpha value is -2.53. The molecule has 3 aromatic rings. The summed E-state index contributed by atoms with van der Waals surface area (Å²) in [5.41, 5.74) is 2.06. The summed E-state index contributed by atoms with van der Waals surface area (Å²) in [6.07, 6.45) is 1.66. The fourth-order valence-electron chi connectivity index (χ4n) is 2.27. The lowest BCUT2D eigenvalue weighted by Crippen LogP contribution is -2.04. The number of aromatic carboxylic acids is 1. The third-order valence-corrected chi connectivity index (χ3v) is 3.55. The van der Waals surface area contributed by atoms with E-state index in [-0.39, 0.29) is 5.69 Å². The van der Waals surface area contributed by atoms with Gasteiger partial charge < -0.3 is 9.84 Å². The molecule has 6 heteroatoms. The maximum Gasteiger partial charge on any atom is 0.354 e. The first-order valence-corrected chi connectivity index (χ1v) is 7.02. The topological polar surface area (TPSA) is 63.8 Å². The van der Waals surface area contributed by atoms with Crippen LogP contribution in [-0.4, -0.2) is 20.5 Å². The van der Waals surface area contributed by atoms with Gasteiger partial charge in [-0.05, 0) is 36.8 Å². The van der Waals surface area contributed by atoms with Gasteiger partial charge in [-0.1, -0.05) is 23.7 Å². The van der Waals surface area contributed by atoms with E-state index in [9.17, 15) is 9.90 Å². The van der Waals surface area contributed by atoms with Crippen molar-refractivity contribution in [1.29, 1.82) is 0 Å². The summed E-state index contributed by atoms with van der Waals surface area (Å²) in [7, 11) is 0. The van der Waals surface area contributed by atoms with Gasteiger partial charge >= 0.3 is 5.97 Å².